The normalized spacial score (nSPS) is 10.6. The number of nitrogens with one attached hydrogen (secondary N) is 2. The zero-order valence-corrected chi connectivity index (χ0v) is 14.7. The third kappa shape index (κ3) is 4.35. The molecule has 0 aliphatic carbocycles. The van der Waals surface area contributed by atoms with Crippen LogP contribution in [-0.2, 0) is 11.2 Å². The average molecular weight is 369 g/mol. The molecule has 2 aromatic carbocycles. The van der Waals surface area contributed by atoms with Gasteiger partial charge in [0.15, 0.2) is 0 Å². The molecule has 140 valence electrons. The average Bonchev–Trinajstić information content (AvgIpc) is 3.07. The van der Waals surface area contributed by atoms with Gasteiger partial charge < -0.3 is 19.8 Å². The van der Waals surface area contributed by atoms with Crippen molar-refractivity contribution in [3.05, 3.63) is 64.4 Å². The zero-order chi connectivity index (χ0) is 19.2. The van der Waals surface area contributed by atoms with Crippen molar-refractivity contribution in [1.82, 2.24) is 5.32 Å². The Morgan fingerprint density at radius 1 is 1.22 bits per heavy atom. The second-order valence-corrected chi connectivity index (χ2v) is 5.85. The molecule has 1 aromatic heterocycles. The molecular weight excluding hydrogens is 350 g/mol. The summed E-state index contributed by atoms with van der Waals surface area (Å²) in [6.07, 6.45) is 1.75. The lowest BCUT2D eigenvalue weighted by atomic mass is 10.1. The molecule has 2 N–H and O–H groups in total. The fourth-order valence-corrected chi connectivity index (χ4v) is 2.74. The highest BCUT2D eigenvalue weighted by molar-refractivity contribution is 5.88. The molecule has 0 aliphatic rings. The molecule has 0 aliphatic heterocycles. The van der Waals surface area contributed by atoms with Gasteiger partial charge in [-0.15, -0.1) is 0 Å². The molecule has 0 saturated heterocycles. The second kappa shape index (κ2) is 8.22. The van der Waals surface area contributed by atoms with E-state index in [0.717, 1.165) is 10.9 Å². The second-order valence-electron chi connectivity index (χ2n) is 5.85. The molecule has 1 heterocycles. The highest BCUT2D eigenvalue weighted by Gasteiger charge is 2.13. The van der Waals surface area contributed by atoms with Crippen molar-refractivity contribution in [2.75, 3.05) is 25.5 Å². The van der Waals surface area contributed by atoms with Gasteiger partial charge in [0.2, 0.25) is 5.91 Å². The number of benzene rings is 2. The van der Waals surface area contributed by atoms with Crippen LogP contribution in [-0.4, -0.2) is 31.0 Å². The Morgan fingerprint density at radius 3 is 2.81 bits per heavy atom. The summed E-state index contributed by atoms with van der Waals surface area (Å²) >= 11 is 0. The summed E-state index contributed by atoms with van der Waals surface area (Å²) in [7, 11) is 1.58. The minimum Gasteiger partial charge on any atom is -0.497 e. The summed E-state index contributed by atoms with van der Waals surface area (Å²) in [4.78, 5) is 22.7. The van der Waals surface area contributed by atoms with Crippen LogP contribution in [0.2, 0.25) is 0 Å². The van der Waals surface area contributed by atoms with Gasteiger partial charge in [0, 0.05) is 36.2 Å². The zero-order valence-electron chi connectivity index (χ0n) is 14.7. The van der Waals surface area contributed by atoms with Crippen molar-refractivity contribution in [2.45, 2.75) is 6.42 Å². The van der Waals surface area contributed by atoms with Crippen LogP contribution in [0.1, 0.15) is 5.56 Å². The van der Waals surface area contributed by atoms with Crippen LogP contribution < -0.4 is 15.4 Å². The lowest BCUT2D eigenvalue weighted by Crippen LogP contribution is -2.30. The van der Waals surface area contributed by atoms with E-state index in [4.69, 9.17) is 9.15 Å². The molecule has 27 heavy (non-hydrogen) atoms. The Bertz CT molecular complexity index is 967. The predicted molar refractivity (Wildman–Crippen MR) is 101 cm³/mol. The van der Waals surface area contributed by atoms with E-state index in [2.05, 4.69) is 10.6 Å². The first-order chi connectivity index (χ1) is 13.1. The van der Waals surface area contributed by atoms with Crippen molar-refractivity contribution in [3.8, 4) is 5.75 Å². The minimum atomic E-state index is -0.445. The summed E-state index contributed by atoms with van der Waals surface area (Å²) in [6, 6.07) is 11.8. The van der Waals surface area contributed by atoms with Gasteiger partial charge in [-0.05, 0) is 18.2 Å². The highest BCUT2D eigenvalue weighted by atomic mass is 16.6. The molecule has 8 nitrogen and oxygen atoms in total. The largest absolute Gasteiger partial charge is 0.497 e. The molecule has 0 fully saturated rings. The van der Waals surface area contributed by atoms with Crippen molar-refractivity contribution in [3.63, 3.8) is 0 Å². The van der Waals surface area contributed by atoms with Gasteiger partial charge in [-0.25, -0.2) is 0 Å². The molecule has 0 atom stereocenters. The first-order valence-corrected chi connectivity index (χ1v) is 8.36. The number of carbonyl (C=O) groups is 1. The molecule has 0 bridgehead atoms. The van der Waals surface area contributed by atoms with E-state index in [-0.39, 0.29) is 18.0 Å². The Morgan fingerprint density at radius 2 is 2.04 bits per heavy atom. The van der Waals surface area contributed by atoms with Gasteiger partial charge in [0.05, 0.1) is 24.7 Å². The number of hydrogen-bond donors (Lipinski definition) is 2. The third-order valence-corrected chi connectivity index (χ3v) is 4.08. The topological polar surface area (TPSA) is 107 Å². The van der Waals surface area contributed by atoms with Crippen LogP contribution in [0.3, 0.4) is 0 Å². The van der Waals surface area contributed by atoms with Gasteiger partial charge in [-0.1, -0.05) is 12.1 Å². The maximum absolute atomic E-state index is 12.2. The fraction of sp³-hybridized carbons (Fsp3) is 0.211. The number of nitrogens with zero attached hydrogens (tertiary/aromatic N) is 1. The number of rotatable bonds is 8. The Kier molecular flexibility index (Phi) is 5.55. The van der Waals surface area contributed by atoms with E-state index in [0.29, 0.717) is 30.1 Å². The van der Waals surface area contributed by atoms with Gasteiger partial charge >= 0.3 is 0 Å². The number of carbonyl (C=O) groups excluding carboxylic acids is 1. The molecule has 0 unspecified atom stereocenters. The maximum Gasteiger partial charge on any atom is 0.292 e. The predicted octanol–water partition coefficient (Wildman–Crippen LogP) is 3.12. The molecular formula is C19H19N3O5. The molecule has 8 heteroatoms. The van der Waals surface area contributed by atoms with Crippen LogP contribution in [0, 0.1) is 10.1 Å². The number of para-hydroxylation sites is 2. The number of ether oxygens (including phenoxy) is 1. The molecule has 0 spiro atoms. The number of amides is 1. The number of furan rings is 1. The molecule has 3 aromatic rings. The Hall–Kier alpha value is -3.55. The lowest BCUT2D eigenvalue weighted by Gasteiger charge is -2.08. The first kappa shape index (κ1) is 18.2. The van der Waals surface area contributed by atoms with Crippen molar-refractivity contribution in [2.24, 2.45) is 0 Å². The quantitative estimate of drug-likeness (QED) is 0.359. The summed E-state index contributed by atoms with van der Waals surface area (Å²) in [5.74, 6) is 0.534. The van der Waals surface area contributed by atoms with Gasteiger partial charge in [0.25, 0.3) is 5.69 Å². The van der Waals surface area contributed by atoms with Crippen LogP contribution in [0.15, 0.2) is 53.1 Å². The van der Waals surface area contributed by atoms with Crippen molar-refractivity contribution < 1.29 is 18.9 Å². The summed E-state index contributed by atoms with van der Waals surface area (Å²) in [5, 5.41) is 17.6. The molecule has 3 rings (SSSR count). The Labute approximate surface area is 155 Å². The first-order valence-electron chi connectivity index (χ1n) is 8.36. The van der Waals surface area contributed by atoms with Crippen molar-refractivity contribution >= 4 is 28.3 Å². The molecule has 0 radical (unpaired) electrons. The maximum atomic E-state index is 12.2. The number of nitro benzene ring substituents is 1. The Balaban J connectivity index is 1.51. The standard InChI is InChI=1S/C19H19N3O5/c1-26-14-6-7-15-13(12-27-18(15)11-14)10-19(23)21-9-8-20-16-4-2-3-5-17(16)22(24)25/h2-7,11-12,20H,8-10H2,1H3,(H,21,23). The monoisotopic (exact) mass is 369 g/mol. The van der Waals surface area contributed by atoms with E-state index in [1.54, 1.807) is 37.6 Å². The minimum absolute atomic E-state index is 0.00382. The number of anilines is 1. The van der Waals surface area contributed by atoms with Gasteiger partial charge in [0.1, 0.15) is 17.0 Å². The number of fused-ring (bicyclic) bond motifs is 1. The van der Waals surface area contributed by atoms with Crippen molar-refractivity contribution in [1.29, 1.82) is 0 Å². The summed E-state index contributed by atoms with van der Waals surface area (Å²) in [6.45, 7) is 0.717. The van der Waals surface area contributed by atoms with E-state index >= 15 is 0 Å². The van der Waals surface area contributed by atoms with E-state index in [9.17, 15) is 14.9 Å². The van der Waals surface area contributed by atoms with Gasteiger partial charge in [-0.2, -0.15) is 0 Å². The fourth-order valence-electron chi connectivity index (χ4n) is 2.74. The highest BCUT2D eigenvalue weighted by Crippen LogP contribution is 2.26. The van der Waals surface area contributed by atoms with E-state index < -0.39 is 4.92 Å². The van der Waals surface area contributed by atoms with Crippen LogP contribution in [0.25, 0.3) is 11.0 Å². The SMILES string of the molecule is COc1ccc2c(CC(=O)NCCNc3ccccc3[N+](=O)[O-])coc2c1. The van der Waals surface area contributed by atoms with Gasteiger partial charge in [-0.3, -0.25) is 14.9 Å². The van der Waals surface area contributed by atoms with Crippen LogP contribution in [0.4, 0.5) is 11.4 Å². The van der Waals surface area contributed by atoms with Crippen LogP contribution >= 0.6 is 0 Å². The smallest absolute Gasteiger partial charge is 0.292 e. The summed E-state index contributed by atoms with van der Waals surface area (Å²) < 4.78 is 10.6. The number of nitro groups is 1. The van der Waals surface area contributed by atoms with E-state index in [1.807, 2.05) is 12.1 Å². The van der Waals surface area contributed by atoms with E-state index in [1.165, 1.54) is 6.07 Å². The number of methoxy groups -OCH3 is 1. The van der Waals surface area contributed by atoms with Crippen LogP contribution in [0.5, 0.6) is 5.75 Å². The molecule has 1 amide bonds. The number of hydrogen-bond acceptors (Lipinski definition) is 6. The third-order valence-electron chi connectivity index (χ3n) is 4.08. The molecule has 0 saturated carbocycles. The lowest BCUT2D eigenvalue weighted by molar-refractivity contribution is -0.384. The summed E-state index contributed by atoms with van der Waals surface area (Å²) in [5.41, 5.74) is 1.88.